The van der Waals surface area contributed by atoms with Crippen LogP contribution in [0.25, 0.3) is 0 Å². The molecule has 0 radical (unpaired) electrons. The fourth-order valence-electron chi connectivity index (χ4n) is 0.937. The topological polar surface area (TPSA) is 21.3 Å². The van der Waals surface area contributed by atoms with Crippen LogP contribution in [0, 0.1) is 0 Å². The third-order valence-electron chi connectivity index (χ3n) is 1.45. The molecule has 0 saturated heterocycles. The van der Waals surface area contributed by atoms with Crippen molar-refractivity contribution in [1.29, 1.82) is 0 Å². The van der Waals surface area contributed by atoms with E-state index < -0.39 is 0 Å². The molecule has 62 valence electrons. The van der Waals surface area contributed by atoms with Gasteiger partial charge < -0.3 is 10.1 Å². The van der Waals surface area contributed by atoms with E-state index in [2.05, 4.69) is 12.2 Å². The SMILES string of the molecule is CCNc1cccc(OC)c1.[NaH]. The maximum atomic E-state index is 5.06. The molecule has 1 aromatic rings. The molecule has 0 bridgehead atoms. The predicted molar refractivity (Wildman–Crippen MR) is 54.3 cm³/mol. The molecule has 0 fully saturated rings. The Labute approximate surface area is 95.6 Å². The van der Waals surface area contributed by atoms with Gasteiger partial charge in [-0.3, -0.25) is 0 Å². The van der Waals surface area contributed by atoms with Gasteiger partial charge in [0.2, 0.25) is 0 Å². The number of anilines is 1. The molecule has 1 N–H and O–H groups in total. The second kappa shape index (κ2) is 6.35. The number of benzene rings is 1. The fourth-order valence-corrected chi connectivity index (χ4v) is 0.937. The van der Waals surface area contributed by atoms with Gasteiger partial charge >= 0.3 is 29.6 Å². The molecule has 0 amide bonds. The van der Waals surface area contributed by atoms with Gasteiger partial charge in [0.1, 0.15) is 5.75 Å². The number of hydrogen-bond acceptors (Lipinski definition) is 2. The molecule has 0 aliphatic rings. The van der Waals surface area contributed by atoms with Crippen LogP contribution in [-0.4, -0.2) is 43.2 Å². The van der Waals surface area contributed by atoms with Crippen molar-refractivity contribution in [1.82, 2.24) is 0 Å². The zero-order valence-electron chi connectivity index (χ0n) is 6.92. The van der Waals surface area contributed by atoms with Crippen molar-refractivity contribution >= 4 is 35.2 Å². The average Bonchev–Trinajstić information content (AvgIpc) is 2.06. The maximum absolute atomic E-state index is 5.06. The average molecular weight is 175 g/mol. The van der Waals surface area contributed by atoms with Crippen molar-refractivity contribution < 1.29 is 4.74 Å². The van der Waals surface area contributed by atoms with Gasteiger partial charge in [-0.25, -0.2) is 0 Å². The number of hydrogen-bond donors (Lipinski definition) is 1. The predicted octanol–water partition coefficient (Wildman–Crippen LogP) is 1.48. The Bertz CT molecular complexity index is 228. The van der Waals surface area contributed by atoms with E-state index in [1.54, 1.807) is 7.11 Å². The Morgan fingerprint density at radius 1 is 1.42 bits per heavy atom. The Morgan fingerprint density at radius 3 is 2.75 bits per heavy atom. The molecule has 0 heterocycles. The van der Waals surface area contributed by atoms with Crippen LogP contribution in [0.4, 0.5) is 5.69 Å². The molecule has 2 nitrogen and oxygen atoms in total. The summed E-state index contributed by atoms with van der Waals surface area (Å²) >= 11 is 0. The van der Waals surface area contributed by atoms with Gasteiger partial charge in [0.25, 0.3) is 0 Å². The first kappa shape index (κ1) is 11.8. The summed E-state index contributed by atoms with van der Waals surface area (Å²) in [5.41, 5.74) is 1.10. The van der Waals surface area contributed by atoms with E-state index in [4.69, 9.17) is 4.74 Å². The molecule has 1 rings (SSSR count). The summed E-state index contributed by atoms with van der Waals surface area (Å²) in [6, 6.07) is 7.90. The van der Waals surface area contributed by atoms with E-state index in [-0.39, 0.29) is 29.6 Å². The quantitative estimate of drug-likeness (QED) is 0.702. The van der Waals surface area contributed by atoms with Crippen LogP contribution in [0.5, 0.6) is 5.75 Å². The second-order valence-electron chi connectivity index (χ2n) is 2.26. The normalized spacial score (nSPS) is 8.50. The van der Waals surface area contributed by atoms with Gasteiger partial charge in [-0.1, -0.05) is 6.07 Å². The van der Waals surface area contributed by atoms with E-state index in [1.165, 1.54) is 0 Å². The first-order valence-electron chi connectivity index (χ1n) is 3.74. The Morgan fingerprint density at radius 2 is 2.17 bits per heavy atom. The van der Waals surface area contributed by atoms with Crippen LogP contribution < -0.4 is 10.1 Å². The van der Waals surface area contributed by atoms with Gasteiger partial charge in [0.05, 0.1) is 7.11 Å². The molecule has 1 aromatic carbocycles. The van der Waals surface area contributed by atoms with Crippen molar-refractivity contribution in [2.24, 2.45) is 0 Å². The zero-order valence-corrected chi connectivity index (χ0v) is 6.92. The molecule has 0 aliphatic heterocycles. The van der Waals surface area contributed by atoms with Crippen molar-refractivity contribution in [3.63, 3.8) is 0 Å². The van der Waals surface area contributed by atoms with Crippen molar-refractivity contribution in [3.8, 4) is 5.75 Å². The summed E-state index contributed by atoms with van der Waals surface area (Å²) in [5.74, 6) is 0.892. The first-order valence-corrected chi connectivity index (χ1v) is 3.74. The molecular formula is C9H14NNaO. The summed E-state index contributed by atoms with van der Waals surface area (Å²) in [4.78, 5) is 0. The molecule has 0 spiro atoms. The van der Waals surface area contributed by atoms with Crippen molar-refractivity contribution in [2.45, 2.75) is 6.92 Å². The zero-order chi connectivity index (χ0) is 8.10. The van der Waals surface area contributed by atoms with Crippen LogP contribution in [0.2, 0.25) is 0 Å². The van der Waals surface area contributed by atoms with Gasteiger partial charge in [0.15, 0.2) is 0 Å². The van der Waals surface area contributed by atoms with Crippen LogP contribution in [0.3, 0.4) is 0 Å². The molecule has 0 aliphatic carbocycles. The summed E-state index contributed by atoms with van der Waals surface area (Å²) < 4.78 is 5.06. The van der Waals surface area contributed by atoms with Gasteiger partial charge in [-0.2, -0.15) is 0 Å². The van der Waals surface area contributed by atoms with Gasteiger partial charge in [-0.15, -0.1) is 0 Å². The van der Waals surface area contributed by atoms with Gasteiger partial charge in [-0.05, 0) is 19.1 Å². The summed E-state index contributed by atoms with van der Waals surface area (Å²) in [6.07, 6.45) is 0. The number of methoxy groups -OCH3 is 1. The van der Waals surface area contributed by atoms with Crippen molar-refractivity contribution in [2.75, 3.05) is 19.0 Å². The standard InChI is InChI=1S/C9H13NO.Na.H/c1-3-10-8-5-4-6-9(7-8)11-2;;/h4-7,10H,3H2,1-2H3;;. The van der Waals surface area contributed by atoms with Crippen LogP contribution in [0.15, 0.2) is 24.3 Å². The van der Waals surface area contributed by atoms with E-state index in [9.17, 15) is 0 Å². The Balaban J connectivity index is 0.00000121. The molecule has 0 saturated carbocycles. The number of ether oxygens (including phenoxy) is 1. The third kappa shape index (κ3) is 3.48. The monoisotopic (exact) mass is 175 g/mol. The molecule has 12 heavy (non-hydrogen) atoms. The first-order chi connectivity index (χ1) is 5.36. The van der Waals surface area contributed by atoms with Crippen LogP contribution in [-0.2, 0) is 0 Å². The fraction of sp³-hybridized carbons (Fsp3) is 0.333. The third-order valence-corrected chi connectivity index (χ3v) is 1.45. The van der Waals surface area contributed by atoms with Gasteiger partial charge in [0, 0.05) is 18.3 Å². The molecule has 0 atom stereocenters. The van der Waals surface area contributed by atoms with E-state index in [0.29, 0.717) is 0 Å². The minimum atomic E-state index is 0. The summed E-state index contributed by atoms with van der Waals surface area (Å²) in [5, 5.41) is 3.20. The van der Waals surface area contributed by atoms with E-state index in [0.717, 1.165) is 18.0 Å². The number of rotatable bonds is 3. The number of nitrogens with one attached hydrogen (secondary N) is 1. The summed E-state index contributed by atoms with van der Waals surface area (Å²) in [6.45, 7) is 3.01. The van der Waals surface area contributed by atoms with E-state index in [1.807, 2.05) is 24.3 Å². The molecule has 3 heteroatoms. The van der Waals surface area contributed by atoms with E-state index >= 15 is 0 Å². The Hall–Kier alpha value is -0.180. The van der Waals surface area contributed by atoms with Crippen molar-refractivity contribution in [3.05, 3.63) is 24.3 Å². The second-order valence-corrected chi connectivity index (χ2v) is 2.26. The minimum absolute atomic E-state index is 0. The Kier molecular flexibility index (Phi) is 6.25. The molecular weight excluding hydrogens is 161 g/mol. The summed E-state index contributed by atoms with van der Waals surface area (Å²) in [7, 11) is 1.67. The molecule has 0 aromatic heterocycles. The van der Waals surface area contributed by atoms with Crippen LogP contribution in [0.1, 0.15) is 6.92 Å². The van der Waals surface area contributed by atoms with Crippen LogP contribution >= 0.6 is 0 Å². The molecule has 0 unspecified atom stereocenters.